The number of carbonyl (C=O) groups excluding carboxylic acids is 1. The molecule has 1 aromatic carbocycles. The van der Waals surface area contributed by atoms with Crippen LogP contribution in [-0.2, 0) is 12.8 Å². The minimum Gasteiger partial charge on any atom is -0.347 e. The molecule has 0 aliphatic heterocycles. The van der Waals surface area contributed by atoms with Crippen molar-refractivity contribution < 1.29 is 9.18 Å². The molecule has 1 aromatic heterocycles. The van der Waals surface area contributed by atoms with Crippen molar-refractivity contribution in [2.45, 2.75) is 71.8 Å². The van der Waals surface area contributed by atoms with Gasteiger partial charge in [0.2, 0.25) is 0 Å². The predicted octanol–water partition coefficient (Wildman–Crippen LogP) is 4.83. The Balaban J connectivity index is 1.50. The van der Waals surface area contributed by atoms with Crippen molar-refractivity contribution in [2.24, 2.45) is 16.7 Å². The summed E-state index contributed by atoms with van der Waals surface area (Å²) in [4.78, 5) is 13.4. The van der Waals surface area contributed by atoms with Gasteiger partial charge in [-0.15, -0.1) is 0 Å². The van der Waals surface area contributed by atoms with Crippen molar-refractivity contribution in [2.75, 3.05) is 0 Å². The number of rotatable bonds is 3. The van der Waals surface area contributed by atoms with E-state index in [0.29, 0.717) is 11.6 Å². The molecule has 5 heteroatoms. The Morgan fingerprint density at radius 2 is 1.90 bits per heavy atom. The molecule has 3 atom stereocenters. The molecule has 2 saturated carbocycles. The lowest BCUT2D eigenvalue weighted by atomic mass is 9.68. The molecular formula is C24H30FN3O. The van der Waals surface area contributed by atoms with Crippen LogP contribution in [0.15, 0.2) is 24.3 Å². The molecule has 3 unspecified atom stereocenters. The molecule has 4 nitrogen and oxygen atoms in total. The fourth-order valence-corrected chi connectivity index (χ4v) is 6.44. The summed E-state index contributed by atoms with van der Waals surface area (Å²) in [6.45, 7) is 6.94. The van der Waals surface area contributed by atoms with Crippen molar-refractivity contribution in [3.05, 3.63) is 47.0 Å². The summed E-state index contributed by atoms with van der Waals surface area (Å²) in [7, 11) is 0. The Labute approximate surface area is 171 Å². The summed E-state index contributed by atoms with van der Waals surface area (Å²) in [6, 6.07) is 6.55. The van der Waals surface area contributed by atoms with Gasteiger partial charge in [-0.05, 0) is 86.0 Å². The van der Waals surface area contributed by atoms with E-state index in [2.05, 4.69) is 26.1 Å². The van der Waals surface area contributed by atoms with Gasteiger partial charge in [-0.1, -0.05) is 20.8 Å². The van der Waals surface area contributed by atoms with E-state index in [9.17, 15) is 9.18 Å². The average molecular weight is 396 g/mol. The SMILES string of the molecule is CC12CCC(C1)C(C)(C)C2NC(=O)c1nn(-c2ccc(F)cc2)c2c1CCCC2. The van der Waals surface area contributed by atoms with Gasteiger partial charge in [-0.3, -0.25) is 4.79 Å². The molecule has 0 radical (unpaired) electrons. The van der Waals surface area contributed by atoms with Gasteiger partial charge < -0.3 is 5.32 Å². The van der Waals surface area contributed by atoms with Gasteiger partial charge in [0.1, 0.15) is 5.82 Å². The Hall–Kier alpha value is -2.17. The van der Waals surface area contributed by atoms with E-state index in [1.165, 1.54) is 31.4 Å². The average Bonchev–Trinajstić information content (AvgIpc) is 3.33. The fraction of sp³-hybridized carbons (Fsp3) is 0.583. The molecule has 1 heterocycles. The summed E-state index contributed by atoms with van der Waals surface area (Å²) < 4.78 is 15.2. The molecule has 154 valence electrons. The molecule has 1 amide bonds. The van der Waals surface area contributed by atoms with E-state index >= 15 is 0 Å². The number of carbonyl (C=O) groups is 1. The molecule has 5 rings (SSSR count). The van der Waals surface area contributed by atoms with E-state index in [0.717, 1.165) is 42.6 Å². The number of benzene rings is 1. The number of fused-ring (bicyclic) bond motifs is 3. The van der Waals surface area contributed by atoms with Gasteiger partial charge >= 0.3 is 0 Å². The van der Waals surface area contributed by atoms with E-state index in [1.54, 1.807) is 12.1 Å². The maximum Gasteiger partial charge on any atom is 0.272 e. The molecular weight excluding hydrogens is 365 g/mol. The first-order valence-corrected chi connectivity index (χ1v) is 11.0. The highest BCUT2D eigenvalue weighted by atomic mass is 19.1. The number of amides is 1. The van der Waals surface area contributed by atoms with E-state index in [1.807, 2.05) is 4.68 Å². The Morgan fingerprint density at radius 1 is 1.17 bits per heavy atom. The molecule has 0 saturated heterocycles. The van der Waals surface area contributed by atoms with Gasteiger partial charge in [0.05, 0.1) is 5.69 Å². The summed E-state index contributed by atoms with van der Waals surface area (Å²) in [5.41, 5.74) is 3.85. The van der Waals surface area contributed by atoms with Crippen molar-refractivity contribution in [1.29, 1.82) is 0 Å². The third-order valence-corrected chi connectivity index (χ3v) is 8.01. The van der Waals surface area contributed by atoms with Gasteiger partial charge in [-0.2, -0.15) is 5.10 Å². The number of halogens is 1. The second-order valence-electron chi connectivity index (χ2n) is 10.2. The van der Waals surface area contributed by atoms with E-state index < -0.39 is 0 Å². The number of aromatic nitrogens is 2. The highest BCUT2D eigenvalue weighted by Crippen LogP contribution is 2.62. The second-order valence-corrected chi connectivity index (χ2v) is 10.2. The van der Waals surface area contributed by atoms with Crippen LogP contribution in [0, 0.1) is 22.6 Å². The highest BCUT2D eigenvalue weighted by molar-refractivity contribution is 5.94. The topological polar surface area (TPSA) is 46.9 Å². The van der Waals surface area contributed by atoms with E-state index in [4.69, 9.17) is 5.10 Å². The smallest absolute Gasteiger partial charge is 0.272 e. The summed E-state index contributed by atoms with van der Waals surface area (Å²) >= 11 is 0. The minimum atomic E-state index is -0.264. The molecule has 2 aromatic rings. The molecule has 3 aliphatic carbocycles. The van der Waals surface area contributed by atoms with Crippen LogP contribution in [0.4, 0.5) is 4.39 Å². The Kier molecular flexibility index (Phi) is 4.17. The normalized spacial score (nSPS) is 29.7. The molecule has 1 N–H and O–H groups in total. The van der Waals surface area contributed by atoms with Crippen LogP contribution in [0.1, 0.15) is 74.6 Å². The third kappa shape index (κ3) is 2.84. The van der Waals surface area contributed by atoms with Crippen LogP contribution >= 0.6 is 0 Å². The standard InChI is InChI=1S/C24H30FN3O/c1-23(2)15-12-13-24(3,14-15)22(23)26-21(29)20-18-6-4-5-7-19(18)28(27-20)17-10-8-16(25)9-11-17/h8-11,15,22H,4-7,12-14H2,1-3H3,(H,26,29). The molecule has 29 heavy (non-hydrogen) atoms. The lowest BCUT2D eigenvalue weighted by molar-refractivity contribution is 0.0732. The van der Waals surface area contributed by atoms with Crippen molar-refractivity contribution in [3.8, 4) is 5.69 Å². The third-order valence-electron chi connectivity index (χ3n) is 8.01. The first-order valence-electron chi connectivity index (χ1n) is 11.0. The van der Waals surface area contributed by atoms with Crippen LogP contribution in [0.2, 0.25) is 0 Å². The molecule has 3 aliphatic rings. The Morgan fingerprint density at radius 3 is 2.59 bits per heavy atom. The summed E-state index contributed by atoms with van der Waals surface area (Å²) in [6.07, 6.45) is 7.62. The summed E-state index contributed by atoms with van der Waals surface area (Å²) in [5.74, 6) is 0.374. The van der Waals surface area contributed by atoms with Crippen LogP contribution in [0.25, 0.3) is 5.69 Å². The number of hydrogen-bond donors (Lipinski definition) is 1. The van der Waals surface area contributed by atoms with Crippen molar-refractivity contribution in [3.63, 3.8) is 0 Å². The minimum absolute atomic E-state index is 0.0455. The van der Waals surface area contributed by atoms with Crippen LogP contribution in [0.5, 0.6) is 0 Å². The molecule has 2 bridgehead atoms. The maximum atomic E-state index is 13.4. The zero-order valence-electron chi connectivity index (χ0n) is 17.6. The largest absolute Gasteiger partial charge is 0.347 e. The van der Waals surface area contributed by atoms with Crippen LogP contribution in [-0.4, -0.2) is 21.7 Å². The van der Waals surface area contributed by atoms with Crippen LogP contribution in [0.3, 0.4) is 0 Å². The molecule has 0 spiro atoms. The number of hydrogen-bond acceptors (Lipinski definition) is 2. The quantitative estimate of drug-likeness (QED) is 0.809. The monoisotopic (exact) mass is 395 g/mol. The van der Waals surface area contributed by atoms with Crippen LogP contribution < -0.4 is 5.32 Å². The highest BCUT2D eigenvalue weighted by Gasteiger charge is 2.59. The Bertz CT molecular complexity index is 956. The lowest BCUT2D eigenvalue weighted by Crippen LogP contribution is -2.52. The van der Waals surface area contributed by atoms with Gasteiger partial charge in [0, 0.05) is 17.3 Å². The van der Waals surface area contributed by atoms with Gasteiger partial charge in [0.15, 0.2) is 5.69 Å². The van der Waals surface area contributed by atoms with Gasteiger partial charge in [-0.25, -0.2) is 9.07 Å². The summed E-state index contributed by atoms with van der Waals surface area (Å²) in [5, 5.41) is 8.16. The number of nitrogens with zero attached hydrogens (tertiary/aromatic N) is 2. The van der Waals surface area contributed by atoms with Crippen molar-refractivity contribution in [1.82, 2.24) is 15.1 Å². The number of nitrogens with one attached hydrogen (secondary N) is 1. The zero-order chi connectivity index (χ0) is 20.4. The molecule has 2 fully saturated rings. The second kappa shape index (κ2) is 6.41. The fourth-order valence-electron chi connectivity index (χ4n) is 6.44. The maximum absolute atomic E-state index is 13.4. The van der Waals surface area contributed by atoms with Gasteiger partial charge in [0.25, 0.3) is 5.91 Å². The van der Waals surface area contributed by atoms with Crippen molar-refractivity contribution >= 4 is 5.91 Å². The first-order chi connectivity index (χ1) is 13.8. The zero-order valence-corrected chi connectivity index (χ0v) is 17.6. The predicted molar refractivity (Wildman–Crippen MR) is 111 cm³/mol. The van der Waals surface area contributed by atoms with E-state index in [-0.39, 0.29) is 28.6 Å². The first kappa shape index (κ1) is 18.8. The lowest BCUT2D eigenvalue weighted by Gasteiger charge is -2.43.